The van der Waals surface area contributed by atoms with E-state index in [1.165, 1.54) is 6.21 Å². The average Bonchev–Trinajstić information content (AvgIpc) is 2.72. The predicted molar refractivity (Wildman–Crippen MR) is 117 cm³/mol. The van der Waals surface area contributed by atoms with E-state index >= 15 is 0 Å². The molecule has 0 aliphatic rings. The third-order valence-corrected chi connectivity index (χ3v) is 4.25. The van der Waals surface area contributed by atoms with Gasteiger partial charge in [-0.1, -0.05) is 26.0 Å². The summed E-state index contributed by atoms with van der Waals surface area (Å²) in [7, 11) is 1.56. The summed E-state index contributed by atoms with van der Waals surface area (Å²) in [5, 5.41) is 6.81. The number of ether oxygens (including phenoxy) is 2. The lowest BCUT2D eigenvalue weighted by atomic mass is 10.0. The molecule has 0 spiro atoms. The maximum absolute atomic E-state index is 12.6. The molecule has 0 saturated heterocycles. The van der Waals surface area contributed by atoms with Gasteiger partial charge in [-0.25, -0.2) is 5.43 Å². The Morgan fingerprint density at radius 2 is 1.67 bits per heavy atom. The fraction of sp³-hybridized carbons (Fsp3) is 0.348. The van der Waals surface area contributed by atoms with Crippen LogP contribution in [0.4, 0.5) is 0 Å². The van der Waals surface area contributed by atoms with Crippen molar-refractivity contribution in [2.24, 2.45) is 11.0 Å². The maximum Gasteiger partial charge on any atom is 0.262 e. The molecule has 2 aromatic rings. The molecule has 2 aromatic carbocycles. The number of carbonyl (C=O) groups is 2. The lowest BCUT2D eigenvalue weighted by Crippen LogP contribution is -2.48. The molecule has 0 aliphatic heterocycles. The zero-order valence-electron chi connectivity index (χ0n) is 18.0. The Hall–Kier alpha value is -3.35. The van der Waals surface area contributed by atoms with Gasteiger partial charge in [-0.15, -0.1) is 0 Å². The molecule has 0 fully saturated rings. The van der Waals surface area contributed by atoms with Gasteiger partial charge >= 0.3 is 0 Å². The van der Waals surface area contributed by atoms with Gasteiger partial charge in [0.15, 0.2) is 0 Å². The van der Waals surface area contributed by atoms with Crippen molar-refractivity contribution >= 4 is 18.0 Å². The van der Waals surface area contributed by atoms with E-state index in [0.29, 0.717) is 17.1 Å². The first-order valence-electron chi connectivity index (χ1n) is 9.85. The SMILES string of the molecule is COc1ccc(C(=O)NC(C(=O)NN=Cc2ccccc2OC(C)C)C(C)C)cc1. The molecule has 7 nitrogen and oxygen atoms in total. The molecule has 2 N–H and O–H groups in total. The summed E-state index contributed by atoms with van der Waals surface area (Å²) in [4.78, 5) is 25.1. The zero-order chi connectivity index (χ0) is 22.1. The van der Waals surface area contributed by atoms with Crippen molar-refractivity contribution < 1.29 is 19.1 Å². The first-order chi connectivity index (χ1) is 14.3. The van der Waals surface area contributed by atoms with Crippen molar-refractivity contribution in [3.63, 3.8) is 0 Å². The molecule has 0 saturated carbocycles. The smallest absolute Gasteiger partial charge is 0.262 e. The lowest BCUT2D eigenvalue weighted by molar-refractivity contribution is -0.123. The predicted octanol–water partition coefficient (Wildman–Crippen LogP) is 3.39. The summed E-state index contributed by atoms with van der Waals surface area (Å²) in [6.45, 7) is 7.59. The van der Waals surface area contributed by atoms with Gasteiger partial charge in [0.05, 0.1) is 19.4 Å². The van der Waals surface area contributed by atoms with Crippen LogP contribution < -0.4 is 20.2 Å². The van der Waals surface area contributed by atoms with Gasteiger partial charge in [0.1, 0.15) is 17.5 Å². The first kappa shape index (κ1) is 22.9. The Kier molecular flexibility index (Phi) is 8.41. The van der Waals surface area contributed by atoms with Crippen LogP contribution in [0.5, 0.6) is 11.5 Å². The van der Waals surface area contributed by atoms with Gasteiger partial charge in [0, 0.05) is 11.1 Å². The molecule has 0 aliphatic carbocycles. The topological polar surface area (TPSA) is 89.0 Å². The van der Waals surface area contributed by atoms with Crippen molar-refractivity contribution in [2.75, 3.05) is 7.11 Å². The molecule has 0 heterocycles. The normalized spacial score (nSPS) is 12.1. The van der Waals surface area contributed by atoms with Gasteiger partial charge in [-0.05, 0) is 56.2 Å². The third-order valence-electron chi connectivity index (χ3n) is 4.25. The summed E-state index contributed by atoms with van der Waals surface area (Å²) < 4.78 is 10.8. The van der Waals surface area contributed by atoms with Crippen molar-refractivity contribution in [3.05, 3.63) is 59.7 Å². The summed E-state index contributed by atoms with van der Waals surface area (Å²) >= 11 is 0. The summed E-state index contributed by atoms with van der Waals surface area (Å²) in [6.07, 6.45) is 1.55. The molecular formula is C23H29N3O4. The van der Waals surface area contributed by atoms with Gasteiger partial charge in [-0.3, -0.25) is 9.59 Å². The summed E-state index contributed by atoms with van der Waals surface area (Å²) in [6, 6.07) is 13.4. The lowest BCUT2D eigenvalue weighted by Gasteiger charge is -2.20. The number of rotatable bonds is 9. The van der Waals surface area contributed by atoms with Crippen LogP contribution in [0.2, 0.25) is 0 Å². The first-order valence-corrected chi connectivity index (χ1v) is 9.85. The highest BCUT2D eigenvalue weighted by atomic mass is 16.5. The second-order valence-corrected chi connectivity index (χ2v) is 7.36. The highest BCUT2D eigenvalue weighted by molar-refractivity contribution is 5.97. The summed E-state index contributed by atoms with van der Waals surface area (Å²) in [5.41, 5.74) is 3.70. The fourth-order valence-corrected chi connectivity index (χ4v) is 2.69. The van der Waals surface area contributed by atoms with Crippen LogP contribution in [0.1, 0.15) is 43.6 Å². The third kappa shape index (κ3) is 6.62. The number of amides is 2. The Bertz CT molecular complexity index is 876. The minimum atomic E-state index is -0.737. The van der Waals surface area contributed by atoms with Gasteiger partial charge in [-0.2, -0.15) is 5.10 Å². The highest BCUT2D eigenvalue weighted by Crippen LogP contribution is 2.17. The van der Waals surface area contributed by atoms with Crippen LogP contribution in [0.15, 0.2) is 53.6 Å². The number of nitrogens with one attached hydrogen (secondary N) is 2. The number of methoxy groups -OCH3 is 1. The van der Waals surface area contributed by atoms with Crippen molar-refractivity contribution in [1.82, 2.24) is 10.7 Å². The zero-order valence-corrected chi connectivity index (χ0v) is 18.0. The molecule has 0 bridgehead atoms. The van der Waals surface area contributed by atoms with Crippen molar-refractivity contribution in [1.29, 1.82) is 0 Å². The molecule has 0 radical (unpaired) electrons. The molecule has 1 unspecified atom stereocenters. The highest BCUT2D eigenvalue weighted by Gasteiger charge is 2.24. The molecule has 30 heavy (non-hydrogen) atoms. The number of hydrogen-bond acceptors (Lipinski definition) is 5. The average molecular weight is 412 g/mol. The van der Waals surface area contributed by atoms with E-state index in [1.807, 2.05) is 52.0 Å². The largest absolute Gasteiger partial charge is 0.497 e. The molecule has 2 amide bonds. The quantitative estimate of drug-likeness (QED) is 0.489. The molecule has 0 aromatic heterocycles. The van der Waals surface area contributed by atoms with Crippen molar-refractivity contribution in [3.8, 4) is 11.5 Å². The molecular weight excluding hydrogens is 382 g/mol. The fourth-order valence-electron chi connectivity index (χ4n) is 2.69. The number of para-hydroxylation sites is 1. The Labute approximate surface area is 177 Å². The van der Waals surface area contributed by atoms with E-state index in [4.69, 9.17) is 9.47 Å². The van der Waals surface area contributed by atoms with Crippen LogP contribution in [-0.4, -0.2) is 37.3 Å². The second kappa shape index (κ2) is 11.0. The summed E-state index contributed by atoms with van der Waals surface area (Å²) in [5.74, 6) is 0.468. The number of carbonyl (C=O) groups excluding carboxylic acids is 2. The number of nitrogens with zero attached hydrogens (tertiary/aromatic N) is 1. The number of hydrogen-bond donors (Lipinski definition) is 2. The molecule has 2 rings (SSSR count). The van der Waals surface area contributed by atoms with E-state index < -0.39 is 11.9 Å². The van der Waals surface area contributed by atoms with Gasteiger partial charge in [0.25, 0.3) is 11.8 Å². The maximum atomic E-state index is 12.6. The second-order valence-electron chi connectivity index (χ2n) is 7.36. The number of hydrazone groups is 1. The molecule has 160 valence electrons. The number of benzene rings is 2. The Morgan fingerprint density at radius 3 is 2.27 bits per heavy atom. The van der Waals surface area contributed by atoms with Crippen LogP contribution in [0, 0.1) is 5.92 Å². The van der Waals surface area contributed by atoms with Crippen LogP contribution in [0.25, 0.3) is 0 Å². The van der Waals surface area contributed by atoms with E-state index in [9.17, 15) is 9.59 Å². The van der Waals surface area contributed by atoms with Crippen molar-refractivity contribution in [2.45, 2.75) is 39.8 Å². The Balaban J connectivity index is 2.03. The van der Waals surface area contributed by atoms with Crippen LogP contribution in [-0.2, 0) is 4.79 Å². The minimum absolute atomic E-state index is 0.0210. The van der Waals surface area contributed by atoms with E-state index in [0.717, 1.165) is 5.56 Å². The van der Waals surface area contributed by atoms with E-state index in [2.05, 4.69) is 15.8 Å². The van der Waals surface area contributed by atoms with E-state index in [-0.39, 0.29) is 17.9 Å². The standard InChI is InChI=1S/C23H29N3O4/c1-15(2)21(25-22(27)17-10-12-19(29-5)13-11-17)23(28)26-24-14-18-8-6-7-9-20(18)30-16(3)4/h6-16,21H,1-5H3,(H,25,27)(H,26,28). The Morgan fingerprint density at radius 1 is 1.00 bits per heavy atom. The van der Waals surface area contributed by atoms with Crippen LogP contribution >= 0.6 is 0 Å². The molecule has 7 heteroatoms. The van der Waals surface area contributed by atoms with E-state index in [1.54, 1.807) is 31.4 Å². The minimum Gasteiger partial charge on any atom is -0.497 e. The van der Waals surface area contributed by atoms with Crippen LogP contribution in [0.3, 0.4) is 0 Å². The molecule has 1 atom stereocenters. The van der Waals surface area contributed by atoms with Gasteiger partial charge < -0.3 is 14.8 Å². The van der Waals surface area contributed by atoms with Gasteiger partial charge in [0.2, 0.25) is 0 Å². The monoisotopic (exact) mass is 411 g/mol.